The van der Waals surface area contributed by atoms with Gasteiger partial charge in [0.05, 0.1) is 36.7 Å². The first kappa shape index (κ1) is 20.0. The number of hydrogen-bond acceptors (Lipinski definition) is 6. The zero-order valence-corrected chi connectivity index (χ0v) is 16.9. The zero-order valence-electron chi connectivity index (χ0n) is 15.4. The van der Waals surface area contributed by atoms with E-state index in [0.29, 0.717) is 22.1 Å². The van der Waals surface area contributed by atoms with Crippen molar-refractivity contribution in [3.63, 3.8) is 0 Å². The molecule has 0 saturated carbocycles. The summed E-state index contributed by atoms with van der Waals surface area (Å²) in [7, 11) is 3.40. The Morgan fingerprint density at radius 2 is 1.93 bits per heavy atom. The van der Waals surface area contributed by atoms with Gasteiger partial charge in [-0.25, -0.2) is 4.68 Å². The number of methoxy groups -OCH3 is 1. The van der Waals surface area contributed by atoms with Crippen LogP contribution in [0.25, 0.3) is 5.69 Å². The van der Waals surface area contributed by atoms with E-state index < -0.39 is 0 Å². The summed E-state index contributed by atoms with van der Waals surface area (Å²) in [4.78, 5) is 14.0. The molecule has 2 aromatic carbocycles. The first-order chi connectivity index (χ1) is 13.5. The van der Waals surface area contributed by atoms with Crippen LogP contribution in [-0.2, 0) is 11.5 Å². The normalized spacial score (nSPS) is 10.9. The molecule has 1 amide bonds. The molecule has 0 radical (unpaired) electrons. The lowest BCUT2D eigenvalue weighted by Crippen LogP contribution is -2.32. The average Bonchev–Trinajstić information content (AvgIpc) is 3.04. The Morgan fingerprint density at radius 3 is 2.61 bits per heavy atom. The average molecular weight is 419 g/mol. The molecule has 1 N–H and O–H groups in total. The summed E-state index contributed by atoms with van der Waals surface area (Å²) in [5.41, 5.74) is 1.35. The minimum absolute atomic E-state index is 0.141. The maximum absolute atomic E-state index is 12.2. The molecule has 0 bridgehead atoms. The van der Waals surface area contributed by atoms with Gasteiger partial charge in [-0.15, -0.1) is 0 Å². The summed E-state index contributed by atoms with van der Waals surface area (Å²) in [6.45, 7) is 0.452. The van der Waals surface area contributed by atoms with Gasteiger partial charge in [0.15, 0.2) is 0 Å². The van der Waals surface area contributed by atoms with Crippen LogP contribution in [0.1, 0.15) is 0 Å². The van der Waals surface area contributed by atoms with Crippen LogP contribution in [0.4, 0.5) is 5.69 Å². The topological polar surface area (TPSA) is 77.2 Å². The third kappa shape index (κ3) is 4.75. The number of carbonyl (C=O) groups excluding carboxylic acids is 1. The molecule has 0 aliphatic heterocycles. The largest absolute Gasteiger partial charge is 0.497 e. The molecule has 0 aliphatic carbocycles. The Balaban J connectivity index is 1.63. The minimum Gasteiger partial charge on any atom is -0.497 e. The maximum Gasteiger partial charge on any atom is 0.238 e. The predicted octanol–water partition coefficient (Wildman–Crippen LogP) is 2.99. The number of likely N-dealkylation sites (N-methyl/N-ethyl adjacent to an activating group) is 1. The fourth-order valence-electron chi connectivity index (χ4n) is 2.52. The lowest BCUT2D eigenvalue weighted by atomic mass is 10.3. The number of para-hydroxylation sites is 1. The molecule has 146 valence electrons. The molecular formula is C18H19ClN6O2S. The number of hydrogen-bond donors (Lipinski definition) is 1. The third-order valence-electron chi connectivity index (χ3n) is 3.89. The van der Waals surface area contributed by atoms with Crippen molar-refractivity contribution in [2.24, 2.45) is 0 Å². The molecule has 0 atom stereocenters. The van der Waals surface area contributed by atoms with Crippen molar-refractivity contribution in [1.29, 1.82) is 0 Å². The molecular weight excluding hydrogens is 400 g/mol. The lowest BCUT2D eigenvalue weighted by molar-refractivity contribution is -0.117. The number of anilines is 1. The van der Waals surface area contributed by atoms with Crippen molar-refractivity contribution in [2.45, 2.75) is 6.67 Å². The van der Waals surface area contributed by atoms with Crippen LogP contribution in [-0.4, -0.2) is 51.3 Å². The summed E-state index contributed by atoms with van der Waals surface area (Å²) in [5, 5.41) is 11.4. The van der Waals surface area contributed by atoms with Gasteiger partial charge in [0.25, 0.3) is 0 Å². The number of aromatic nitrogens is 4. The Bertz CT molecular complexity index is 1020. The smallest absolute Gasteiger partial charge is 0.238 e. The molecule has 3 aromatic rings. The van der Waals surface area contributed by atoms with Crippen LogP contribution in [0.5, 0.6) is 5.75 Å². The first-order valence-electron chi connectivity index (χ1n) is 8.38. The van der Waals surface area contributed by atoms with E-state index in [4.69, 9.17) is 28.6 Å². The van der Waals surface area contributed by atoms with Crippen molar-refractivity contribution >= 4 is 35.4 Å². The zero-order chi connectivity index (χ0) is 20.1. The molecule has 0 saturated heterocycles. The van der Waals surface area contributed by atoms with Crippen LogP contribution >= 0.6 is 23.8 Å². The highest BCUT2D eigenvalue weighted by Crippen LogP contribution is 2.20. The highest BCUT2D eigenvalue weighted by atomic mass is 35.5. The van der Waals surface area contributed by atoms with E-state index in [1.807, 2.05) is 30.3 Å². The standard InChI is InChI=1S/C18H19ClN6O2S/c1-23(11-17(26)20-16-6-4-3-5-15(16)19)12-24-18(28)25(22-21-24)13-7-9-14(27-2)10-8-13/h3-10H,11-12H2,1-2H3,(H,20,26). The van der Waals surface area contributed by atoms with Gasteiger partial charge < -0.3 is 10.1 Å². The van der Waals surface area contributed by atoms with Crippen LogP contribution in [0.2, 0.25) is 5.02 Å². The fraction of sp³-hybridized carbons (Fsp3) is 0.222. The van der Waals surface area contributed by atoms with Crippen LogP contribution in [0, 0.1) is 4.77 Å². The Morgan fingerprint density at radius 1 is 1.21 bits per heavy atom. The van der Waals surface area contributed by atoms with Gasteiger partial charge in [0.1, 0.15) is 5.75 Å². The number of benzene rings is 2. The third-order valence-corrected chi connectivity index (χ3v) is 4.61. The molecule has 0 fully saturated rings. The van der Waals surface area contributed by atoms with Gasteiger partial charge in [-0.3, -0.25) is 9.69 Å². The minimum atomic E-state index is -0.190. The number of ether oxygens (including phenoxy) is 1. The van der Waals surface area contributed by atoms with E-state index in [9.17, 15) is 4.79 Å². The van der Waals surface area contributed by atoms with E-state index in [0.717, 1.165) is 11.4 Å². The van der Waals surface area contributed by atoms with Gasteiger partial charge in [-0.05, 0) is 66.1 Å². The van der Waals surface area contributed by atoms with Crippen molar-refractivity contribution < 1.29 is 9.53 Å². The molecule has 0 unspecified atom stereocenters. The highest BCUT2D eigenvalue weighted by Gasteiger charge is 2.12. The van der Waals surface area contributed by atoms with Crippen molar-refractivity contribution in [2.75, 3.05) is 26.0 Å². The summed E-state index contributed by atoms with van der Waals surface area (Å²) in [5.74, 6) is 0.552. The Labute approximate surface area is 172 Å². The van der Waals surface area contributed by atoms with Gasteiger partial charge in [-0.1, -0.05) is 23.7 Å². The predicted molar refractivity (Wildman–Crippen MR) is 109 cm³/mol. The molecule has 8 nitrogen and oxygen atoms in total. The summed E-state index contributed by atoms with van der Waals surface area (Å²) in [6.07, 6.45) is 0. The number of rotatable bonds is 7. The van der Waals surface area contributed by atoms with Crippen LogP contribution in [0.3, 0.4) is 0 Å². The van der Waals surface area contributed by atoms with E-state index >= 15 is 0 Å². The monoisotopic (exact) mass is 418 g/mol. The second-order valence-electron chi connectivity index (χ2n) is 6.05. The summed E-state index contributed by atoms with van der Waals surface area (Å²) in [6, 6.07) is 14.4. The molecule has 0 spiro atoms. The van der Waals surface area contributed by atoms with Crippen LogP contribution < -0.4 is 10.1 Å². The Hall–Kier alpha value is -2.75. The number of nitrogens with one attached hydrogen (secondary N) is 1. The number of halogens is 1. The molecule has 10 heteroatoms. The van der Waals surface area contributed by atoms with Gasteiger partial charge in [0, 0.05) is 0 Å². The summed E-state index contributed by atoms with van der Waals surface area (Å²) >= 11 is 11.5. The van der Waals surface area contributed by atoms with Crippen molar-refractivity contribution in [3.8, 4) is 11.4 Å². The lowest BCUT2D eigenvalue weighted by Gasteiger charge is -2.16. The van der Waals surface area contributed by atoms with Crippen molar-refractivity contribution in [1.82, 2.24) is 24.7 Å². The second kappa shape index (κ2) is 8.96. The maximum atomic E-state index is 12.2. The molecule has 1 heterocycles. The van der Waals surface area contributed by atoms with E-state index in [-0.39, 0.29) is 12.5 Å². The Kier molecular flexibility index (Phi) is 6.40. The number of carbonyl (C=O) groups is 1. The SMILES string of the molecule is COc1ccc(-n2nnn(CN(C)CC(=O)Nc3ccccc3Cl)c2=S)cc1. The quantitative estimate of drug-likeness (QED) is 0.594. The number of tetrazole rings is 1. The number of amides is 1. The van der Waals surface area contributed by atoms with Gasteiger partial charge in [-0.2, -0.15) is 4.68 Å². The van der Waals surface area contributed by atoms with E-state index in [1.54, 1.807) is 46.6 Å². The second-order valence-corrected chi connectivity index (χ2v) is 6.83. The van der Waals surface area contributed by atoms with Gasteiger partial charge in [0.2, 0.25) is 10.7 Å². The fourth-order valence-corrected chi connectivity index (χ4v) is 2.94. The van der Waals surface area contributed by atoms with E-state index in [1.165, 1.54) is 0 Å². The summed E-state index contributed by atoms with van der Waals surface area (Å²) < 4.78 is 8.66. The van der Waals surface area contributed by atoms with Crippen LogP contribution in [0.15, 0.2) is 48.5 Å². The highest BCUT2D eigenvalue weighted by molar-refractivity contribution is 7.71. The molecule has 0 aliphatic rings. The molecule has 1 aromatic heterocycles. The first-order valence-corrected chi connectivity index (χ1v) is 9.16. The molecule has 28 heavy (non-hydrogen) atoms. The van der Waals surface area contributed by atoms with Gasteiger partial charge >= 0.3 is 0 Å². The van der Waals surface area contributed by atoms with Crippen molar-refractivity contribution in [3.05, 3.63) is 58.3 Å². The van der Waals surface area contributed by atoms with E-state index in [2.05, 4.69) is 15.7 Å². The number of nitrogens with zero attached hydrogens (tertiary/aromatic N) is 5. The molecule has 3 rings (SSSR count).